The average Bonchev–Trinajstić information content (AvgIpc) is 2.70. The molecule has 4 nitrogen and oxygen atoms in total. The number of carbonyl (C=O) groups is 1. The Kier molecular flexibility index (Phi) is 6.26. The second kappa shape index (κ2) is 9.03. The van der Waals surface area contributed by atoms with Gasteiger partial charge in [-0.3, -0.25) is 4.79 Å². The number of nitrogens with one attached hydrogen (secondary N) is 1. The van der Waals surface area contributed by atoms with Gasteiger partial charge in [0.1, 0.15) is 23.9 Å². The van der Waals surface area contributed by atoms with Gasteiger partial charge < -0.3 is 14.8 Å². The largest absolute Gasteiger partial charge is 0.492 e. The summed E-state index contributed by atoms with van der Waals surface area (Å²) in [5, 5.41) is 5.00. The smallest absolute Gasteiger partial charge is 0.261 e. The molecule has 0 aliphatic carbocycles. The molecule has 3 aromatic carbocycles. The van der Waals surface area contributed by atoms with Gasteiger partial charge in [-0.2, -0.15) is 0 Å². The molecule has 27 heavy (non-hydrogen) atoms. The standard InChI is InChI=1S/C22H22FNO3/c1-2-21(27-20-10-7-16-5-3-4-6-17(16)15-20)22(25)24-13-14-26-19-11-8-18(23)9-12-19/h3-12,15,21H,2,13-14H2,1H3,(H,24,25)/t21-/m0/s1. The quantitative estimate of drug-likeness (QED) is 0.603. The van der Waals surface area contributed by atoms with E-state index in [2.05, 4.69) is 5.32 Å². The molecule has 3 rings (SSSR count). The number of rotatable bonds is 8. The fraction of sp³-hybridized carbons (Fsp3) is 0.227. The lowest BCUT2D eigenvalue weighted by Crippen LogP contribution is -2.39. The summed E-state index contributed by atoms with van der Waals surface area (Å²) in [6.07, 6.45) is -0.0192. The van der Waals surface area contributed by atoms with E-state index in [1.54, 1.807) is 12.1 Å². The van der Waals surface area contributed by atoms with Crippen molar-refractivity contribution in [2.75, 3.05) is 13.2 Å². The van der Waals surface area contributed by atoms with Crippen LogP contribution in [0.4, 0.5) is 4.39 Å². The van der Waals surface area contributed by atoms with Crippen LogP contribution in [0.2, 0.25) is 0 Å². The van der Waals surface area contributed by atoms with Crippen LogP contribution in [-0.2, 0) is 4.79 Å². The molecule has 1 amide bonds. The van der Waals surface area contributed by atoms with E-state index >= 15 is 0 Å². The zero-order valence-electron chi connectivity index (χ0n) is 15.2. The van der Waals surface area contributed by atoms with Crippen LogP contribution in [0.3, 0.4) is 0 Å². The molecule has 0 aromatic heterocycles. The number of ether oxygens (including phenoxy) is 2. The maximum atomic E-state index is 12.8. The number of hydrogen-bond donors (Lipinski definition) is 1. The summed E-state index contributed by atoms with van der Waals surface area (Å²) in [5.41, 5.74) is 0. The van der Waals surface area contributed by atoms with Gasteiger partial charge in [0.05, 0.1) is 6.54 Å². The summed E-state index contributed by atoms with van der Waals surface area (Å²) in [6, 6.07) is 19.5. The molecule has 0 heterocycles. The highest BCUT2D eigenvalue weighted by molar-refractivity contribution is 5.84. The molecule has 0 spiro atoms. The van der Waals surface area contributed by atoms with Crippen molar-refractivity contribution in [1.82, 2.24) is 5.32 Å². The van der Waals surface area contributed by atoms with Gasteiger partial charge in [-0.25, -0.2) is 4.39 Å². The minimum atomic E-state index is -0.572. The van der Waals surface area contributed by atoms with Crippen LogP contribution in [-0.4, -0.2) is 25.2 Å². The van der Waals surface area contributed by atoms with Crippen molar-refractivity contribution in [2.45, 2.75) is 19.4 Å². The predicted octanol–water partition coefficient (Wildman–Crippen LogP) is 4.33. The van der Waals surface area contributed by atoms with Crippen LogP contribution in [0.15, 0.2) is 66.7 Å². The summed E-state index contributed by atoms with van der Waals surface area (Å²) in [4.78, 5) is 12.4. The molecule has 0 saturated carbocycles. The molecule has 0 unspecified atom stereocenters. The van der Waals surface area contributed by atoms with Crippen LogP contribution in [0.1, 0.15) is 13.3 Å². The Morgan fingerprint density at radius 2 is 1.70 bits per heavy atom. The van der Waals surface area contributed by atoms with Gasteiger partial charge in [-0.1, -0.05) is 37.3 Å². The molecular weight excluding hydrogens is 345 g/mol. The molecule has 5 heteroatoms. The van der Waals surface area contributed by atoms with Gasteiger partial charge in [0.25, 0.3) is 5.91 Å². The number of benzene rings is 3. The van der Waals surface area contributed by atoms with Crippen LogP contribution in [0.25, 0.3) is 10.8 Å². The summed E-state index contributed by atoms with van der Waals surface area (Å²) >= 11 is 0. The van der Waals surface area contributed by atoms with Gasteiger partial charge in [-0.15, -0.1) is 0 Å². The zero-order valence-corrected chi connectivity index (χ0v) is 15.2. The summed E-state index contributed by atoms with van der Waals surface area (Å²) < 4.78 is 24.2. The molecule has 1 N–H and O–H groups in total. The van der Waals surface area contributed by atoms with E-state index in [-0.39, 0.29) is 11.7 Å². The summed E-state index contributed by atoms with van der Waals surface area (Å²) in [6.45, 7) is 2.54. The van der Waals surface area contributed by atoms with E-state index in [0.29, 0.717) is 31.1 Å². The topological polar surface area (TPSA) is 47.6 Å². The molecule has 1 atom stereocenters. The highest BCUT2D eigenvalue weighted by atomic mass is 19.1. The molecule has 0 bridgehead atoms. The Hall–Kier alpha value is -3.08. The van der Waals surface area contributed by atoms with Gasteiger partial charge in [-0.05, 0) is 53.6 Å². The third-order valence-corrected chi connectivity index (χ3v) is 4.15. The van der Waals surface area contributed by atoms with E-state index in [1.165, 1.54) is 12.1 Å². The van der Waals surface area contributed by atoms with Gasteiger partial charge in [0, 0.05) is 0 Å². The fourth-order valence-electron chi connectivity index (χ4n) is 2.72. The fourth-order valence-corrected chi connectivity index (χ4v) is 2.72. The van der Waals surface area contributed by atoms with Crippen molar-refractivity contribution >= 4 is 16.7 Å². The molecule has 0 saturated heterocycles. The highest BCUT2D eigenvalue weighted by Gasteiger charge is 2.18. The maximum absolute atomic E-state index is 12.8. The first kappa shape index (κ1) is 18.7. The summed E-state index contributed by atoms with van der Waals surface area (Å²) in [5.74, 6) is 0.726. The SMILES string of the molecule is CC[C@H](Oc1ccc2ccccc2c1)C(=O)NCCOc1ccc(F)cc1. The van der Waals surface area contributed by atoms with Crippen LogP contribution >= 0.6 is 0 Å². The van der Waals surface area contributed by atoms with Crippen molar-refractivity contribution in [3.8, 4) is 11.5 Å². The van der Waals surface area contributed by atoms with Crippen molar-refractivity contribution in [3.63, 3.8) is 0 Å². The number of hydrogen-bond acceptors (Lipinski definition) is 3. The monoisotopic (exact) mass is 367 g/mol. The number of fused-ring (bicyclic) bond motifs is 1. The lowest BCUT2D eigenvalue weighted by atomic mass is 10.1. The van der Waals surface area contributed by atoms with Crippen molar-refractivity contribution < 1.29 is 18.7 Å². The third-order valence-electron chi connectivity index (χ3n) is 4.15. The van der Waals surface area contributed by atoms with E-state index in [0.717, 1.165) is 10.8 Å². The third kappa shape index (κ3) is 5.20. The number of halogens is 1. The van der Waals surface area contributed by atoms with Crippen molar-refractivity contribution in [2.24, 2.45) is 0 Å². The van der Waals surface area contributed by atoms with Crippen LogP contribution < -0.4 is 14.8 Å². The Labute approximate surface area is 157 Å². The average molecular weight is 367 g/mol. The predicted molar refractivity (Wildman–Crippen MR) is 104 cm³/mol. The van der Waals surface area contributed by atoms with Crippen molar-refractivity contribution in [3.05, 3.63) is 72.5 Å². The first-order valence-electron chi connectivity index (χ1n) is 8.97. The van der Waals surface area contributed by atoms with Gasteiger partial charge in [0.15, 0.2) is 6.10 Å². The molecule has 0 fully saturated rings. The molecule has 3 aromatic rings. The normalized spacial score (nSPS) is 11.8. The Bertz CT molecular complexity index is 895. The molecule has 0 aliphatic heterocycles. The first-order chi connectivity index (χ1) is 13.2. The number of carbonyl (C=O) groups excluding carboxylic acids is 1. The van der Waals surface area contributed by atoms with Gasteiger partial charge in [0.2, 0.25) is 0 Å². The van der Waals surface area contributed by atoms with Crippen LogP contribution in [0.5, 0.6) is 11.5 Å². The van der Waals surface area contributed by atoms with E-state index < -0.39 is 6.10 Å². The second-order valence-corrected chi connectivity index (χ2v) is 6.12. The van der Waals surface area contributed by atoms with Crippen molar-refractivity contribution in [1.29, 1.82) is 0 Å². The Morgan fingerprint density at radius 1 is 1.00 bits per heavy atom. The molecule has 0 radical (unpaired) electrons. The molecule has 0 aliphatic rings. The highest BCUT2D eigenvalue weighted by Crippen LogP contribution is 2.22. The maximum Gasteiger partial charge on any atom is 0.261 e. The lowest BCUT2D eigenvalue weighted by Gasteiger charge is -2.18. The molecular formula is C22H22FNO3. The minimum Gasteiger partial charge on any atom is -0.492 e. The zero-order chi connectivity index (χ0) is 19.1. The lowest BCUT2D eigenvalue weighted by molar-refractivity contribution is -0.128. The first-order valence-corrected chi connectivity index (χ1v) is 8.97. The van der Waals surface area contributed by atoms with Crippen LogP contribution in [0, 0.1) is 5.82 Å². The summed E-state index contributed by atoms with van der Waals surface area (Å²) in [7, 11) is 0. The van der Waals surface area contributed by atoms with E-state index in [9.17, 15) is 9.18 Å². The van der Waals surface area contributed by atoms with Gasteiger partial charge >= 0.3 is 0 Å². The Morgan fingerprint density at radius 3 is 2.44 bits per heavy atom. The van der Waals surface area contributed by atoms with E-state index in [4.69, 9.17) is 9.47 Å². The Balaban J connectivity index is 1.50. The number of amides is 1. The minimum absolute atomic E-state index is 0.187. The molecule has 140 valence electrons. The van der Waals surface area contributed by atoms with E-state index in [1.807, 2.05) is 49.4 Å². The second-order valence-electron chi connectivity index (χ2n) is 6.12.